The molecule has 8 heteroatoms. The minimum absolute atomic E-state index is 0.179. The maximum atomic E-state index is 12.8. The molecule has 7 nitrogen and oxygen atoms in total. The van der Waals surface area contributed by atoms with Crippen molar-refractivity contribution in [3.8, 4) is 17.2 Å². The highest BCUT2D eigenvalue weighted by atomic mass is 35.5. The molecular weight excluding hydrogens is 440 g/mol. The smallest absolute Gasteiger partial charge is 0.251 e. The van der Waals surface area contributed by atoms with E-state index in [-0.39, 0.29) is 5.91 Å². The molecule has 0 saturated carbocycles. The molecule has 1 N–H and O–H groups in total. The largest absolute Gasteiger partial charge is 0.490 e. The van der Waals surface area contributed by atoms with Gasteiger partial charge in [0.1, 0.15) is 11.8 Å². The standard InChI is InChI=1S/C25H25ClN4O3/c1-3-32-22-10-7-17(14-23(22)33-4-2)11-13-28-25(31)18-8-9-19(26)21(15-18)30-16-29-20-6-5-12-27-24(20)30/h5-10,12,14-16H,3-4,11,13H2,1-2H3,(H,28,31). The van der Waals surface area contributed by atoms with Crippen LogP contribution in [0.4, 0.5) is 0 Å². The molecule has 4 rings (SSSR count). The van der Waals surface area contributed by atoms with Crippen LogP contribution in [0, 0.1) is 0 Å². The first-order valence-corrected chi connectivity index (χ1v) is 11.2. The van der Waals surface area contributed by atoms with Crippen LogP contribution >= 0.6 is 11.6 Å². The lowest BCUT2D eigenvalue weighted by atomic mass is 10.1. The average Bonchev–Trinajstić information content (AvgIpc) is 3.25. The summed E-state index contributed by atoms with van der Waals surface area (Å²) in [6, 6.07) is 14.7. The number of pyridine rings is 1. The van der Waals surface area contributed by atoms with Gasteiger partial charge in [0.05, 0.1) is 23.9 Å². The van der Waals surface area contributed by atoms with Crippen LogP contribution in [-0.4, -0.2) is 40.2 Å². The lowest BCUT2D eigenvalue weighted by Crippen LogP contribution is -2.25. The molecule has 0 unspecified atom stereocenters. The number of carbonyl (C=O) groups excluding carboxylic acids is 1. The van der Waals surface area contributed by atoms with Crippen molar-refractivity contribution in [3.05, 3.63) is 77.2 Å². The Kier molecular flexibility index (Phi) is 7.10. The van der Waals surface area contributed by atoms with Gasteiger partial charge in [0.2, 0.25) is 0 Å². The Balaban J connectivity index is 1.45. The fourth-order valence-electron chi connectivity index (χ4n) is 3.54. The second-order valence-corrected chi connectivity index (χ2v) is 7.69. The van der Waals surface area contributed by atoms with Gasteiger partial charge in [-0.3, -0.25) is 9.36 Å². The number of hydrogen-bond donors (Lipinski definition) is 1. The zero-order chi connectivity index (χ0) is 23.2. The zero-order valence-corrected chi connectivity index (χ0v) is 19.3. The topological polar surface area (TPSA) is 78.3 Å². The van der Waals surface area contributed by atoms with Crippen molar-refractivity contribution >= 4 is 28.7 Å². The summed E-state index contributed by atoms with van der Waals surface area (Å²) in [6.45, 7) is 5.48. The summed E-state index contributed by atoms with van der Waals surface area (Å²) in [6.07, 6.45) is 4.01. The van der Waals surface area contributed by atoms with Crippen LogP contribution in [0.15, 0.2) is 61.1 Å². The SMILES string of the molecule is CCOc1ccc(CCNC(=O)c2ccc(Cl)c(-n3cnc4cccnc43)c2)cc1OCC. The van der Waals surface area contributed by atoms with Gasteiger partial charge in [-0.1, -0.05) is 17.7 Å². The van der Waals surface area contributed by atoms with E-state index in [0.29, 0.717) is 53.8 Å². The van der Waals surface area contributed by atoms with E-state index >= 15 is 0 Å². The van der Waals surface area contributed by atoms with E-state index in [1.165, 1.54) is 0 Å². The highest BCUT2D eigenvalue weighted by molar-refractivity contribution is 6.32. The zero-order valence-electron chi connectivity index (χ0n) is 18.5. The van der Waals surface area contributed by atoms with Gasteiger partial charge in [0.25, 0.3) is 5.91 Å². The monoisotopic (exact) mass is 464 g/mol. The van der Waals surface area contributed by atoms with Gasteiger partial charge >= 0.3 is 0 Å². The normalized spacial score (nSPS) is 10.9. The van der Waals surface area contributed by atoms with Gasteiger partial charge in [-0.15, -0.1) is 0 Å². The minimum atomic E-state index is -0.179. The van der Waals surface area contributed by atoms with Crippen molar-refractivity contribution in [2.24, 2.45) is 0 Å². The Morgan fingerprint density at radius 3 is 2.67 bits per heavy atom. The number of nitrogens with one attached hydrogen (secondary N) is 1. The molecule has 33 heavy (non-hydrogen) atoms. The van der Waals surface area contributed by atoms with Crippen LogP contribution < -0.4 is 14.8 Å². The predicted octanol–water partition coefficient (Wildman–Crippen LogP) is 4.84. The van der Waals surface area contributed by atoms with Gasteiger partial charge in [0, 0.05) is 18.3 Å². The summed E-state index contributed by atoms with van der Waals surface area (Å²) in [7, 11) is 0. The molecule has 4 aromatic rings. The fraction of sp³-hybridized carbons (Fsp3) is 0.240. The number of benzene rings is 2. The molecule has 0 aliphatic rings. The molecule has 170 valence electrons. The Morgan fingerprint density at radius 1 is 1.03 bits per heavy atom. The summed E-state index contributed by atoms with van der Waals surface area (Å²) >= 11 is 6.42. The number of nitrogens with zero attached hydrogens (tertiary/aromatic N) is 3. The molecule has 0 spiro atoms. The first-order chi connectivity index (χ1) is 16.1. The Morgan fingerprint density at radius 2 is 1.85 bits per heavy atom. The molecule has 0 bridgehead atoms. The van der Waals surface area contributed by atoms with Crippen LogP contribution in [0.1, 0.15) is 29.8 Å². The summed E-state index contributed by atoms with van der Waals surface area (Å²) < 4.78 is 13.1. The van der Waals surface area contributed by atoms with Gasteiger partial charge in [0.15, 0.2) is 17.1 Å². The number of amides is 1. The quantitative estimate of drug-likeness (QED) is 0.383. The summed E-state index contributed by atoms with van der Waals surface area (Å²) in [4.78, 5) is 21.5. The van der Waals surface area contributed by atoms with Crippen molar-refractivity contribution in [3.63, 3.8) is 0 Å². The second-order valence-electron chi connectivity index (χ2n) is 7.28. The average molecular weight is 465 g/mol. The number of imidazole rings is 1. The van der Waals surface area contributed by atoms with E-state index in [4.69, 9.17) is 21.1 Å². The first kappa shape index (κ1) is 22.6. The van der Waals surface area contributed by atoms with Crippen LogP contribution in [-0.2, 0) is 6.42 Å². The number of rotatable bonds is 9. The Labute approximate surface area is 197 Å². The van der Waals surface area contributed by atoms with Crippen molar-refractivity contribution in [2.45, 2.75) is 20.3 Å². The molecule has 0 aliphatic carbocycles. The van der Waals surface area contributed by atoms with E-state index in [1.54, 1.807) is 35.3 Å². The lowest BCUT2D eigenvalue weighted by molar-refractivity contribution is 0.0954. The minimum Gasteiger partial charge on any atom is -0.490 e. The van der Waals surface area contributed by atoms with E-state index in [1.807, 2.05) is 44.2 Å². The molecule has 0 radical (unpaired) electrons. The molecule has 2 aromatic heterocycles. The van der Waals surface area contributed by atoms with Crippen LogP contribution in [0.2, 0.25) is 5.02 Å². The molecule has 0 aliphatic heterocycles. The predicted molar refractivity (Wildman–Crippen MR) is 129 cm³/mol. The first-order valence-electron chi connectivity index (χ1n) is 10.9. The van der Waals surface area contributed by atoms with E-state index in [9.17, 15) is 4.79 Å². The highest BCUT2D eigenvalue weighted by Gasteiger charge is 2.13. The molecule has 0 fully saturated rings. The number of ether oxygens (including phenoxy) is 2. The summed E-state index contributed by atoms with van der Waals surface area (Å²) in [5, 5.41) is 3.48. The van der Waals surface area contributed by atoms with Crippen molar-refractivity contribution in [1.29, 1.82) is 0 Å². The maximum absolute atomic E-state index is 12.8. The van der Waals surface area contributed by atoms with Gasteiger partial charge in [-0.05, 0) is 68.3 Å². The molecular formula is C25H25ClN4O3. The van der Waals surface area contributed by atoms with Crippen molar-refractivity contribution in [2.75, 3.05) is 19.8 Å². The van der Waals surface area contributed by atoms with Crippen LogP contribution in [0.25, 0.3) is 16.9 Å². The van der Waals surface area contributed by atoms with E-state index in [0.717, 1.165) is 16.8 Å². The molecule has 0 saturated heterocycles. The molecule has 1 amide bonds. The highest BCUT2D eigenvalue weighted by Crippen LogP contribution is 2.29. The Hall–Kier alpha value is -3.58. The number of halogens is 1. The van der Waals surface area contributed by atoms with Gasteiger partial charge in [-0.2, -0.15) is 0 Å². The van der Waals surface area contributed by atoms with Gasteiger partial charge in [-0.25, -0.2) is 9.97 Å². The third-order valence-electron chi connectivity index (χ3n) is 5.08. The second kappa shape index (κ2) is 10.4. The third-order valence-corrected chi connectivity index (χ3v) is 5.40. The van der Waals surface area contributed by atoms with Crippen LogP contribution in [0.3, 0.4) is 0 Å². The molecule has 2 aromatic carbocycles. The summed E-state index contributed by atoms with van der Waals surface area (Å²) in [5.41, 5.74) is 3.64. The van der Waals surface area contributed by atoms with Crippen molar-refractivity contribution < 1.29 is 14.3 Å². The number of carbonyl (C=O) groups is 1. The van der Waals surface area contributed by atoms with E-state index < -0.39 is 0 Å². The summed E-state index contributed by atoms with van der Waals surface area (Å²) in [5.74, 6) is 1.26. The molecule has 2 heterocycles. The van der Waals surface area contributed by atoms with E-state index in [2.05, 4.69) is 15.3 Å². The number of hydrogen-bond acceptors (Lipinski definition) is 5. The number of fused-ring (bicyclic) bond motifs is 1. The van der Waals surface area contributed by atoms with Crippen molar-refractivity contribution in [1.82, 2.24) is 19.9 Å². The Bertz CT molecular complexity index is 1270. The van der Waals surface area contributed by atoms with Gasteiger partial charge < -0.3 is 14.8 Å². The maximum Gasteiger partial charge on any atom is 0.251 e. The third kappa shape index (κ3) is 5.09. The fourth-order valence-corrected chi connectivity index (χ4v) is 3.75. The lowest BCUT2D eigenvalue weighted by Gasteiger charge is -2.13. The number of aromatic nitrogens is 3. The van der Waals surface area contributed by atoms with Crippen LogP contribution in [0.5, 0.6) is 11.5 Å². The molecule has 0 atom stereocenters.